The maximum absolute atomic E-state index is 5.54. The molecule has 0 amide bonds. The lowest BCUT2D eigenvalue weighted by Gasteiger charge is -2.08. The fourth-order valence-electron chi connectivity index (χ4n) is 1.68. The Hall–Kier alpha value is -0.840. The molecule has 4 heteroatoms. The first kappa shape index (κ1) is 15.2. The van der Waals surface area contributed by atoms with Crippen LogP contribution in [-0.2, 0) is 4.74 Å². The Kier molecular flexibility index (Phi) is 7.01. The van der Waals surface area contributed by atoms with Gasteiger partial charge in [0, 0.05) is 11.6 Å². The SMILES string of the molecule is COC/C(=C/c1cc(OC)ccc1Br)CCCN. The zero-order valence-electron chi connectivity index (χ0n) is 10.9. The third-order valence-corrected chi connectivity index (χ3v) is 3.32. The molecule has 0 fully saturated rings. The minimum atomic E-state index is 0.629. The van der Waals surface area contributed by atoms with Crippen LogP contribution in [0, 0.1) is 0 Å². The molecule has 0 unspecified atom stereocenters. The maximum Gasteiger partial charge on any atom is 0.119 e. The van der Waals surface area contributed by atoms with Crippen molar-refractivity contribution < 1.29 is 9.47 Å². The summed E-state index contributed by atoms with van der Waals surface area (Å²) in [5.74, 6) is 0.847. The molecule has 0 atom stereocenters. The van der Waals surface area contributed by atoms with Gasteiger partial charge < -0.3 is 15.2 Å². The molecule has 3 nitrogen and oxygen atoms in total. The molecule has 18 heavy (non-hydrogen) atoms. The van der Waals surface area contributed by atoms with Gasteiger partial charge in [-0.15, -0.1) is 0 Å². The van der Waals surface area contributed by atoms with Crippen LogP contribution in [0.1, 0.15) is 18.4 Å². The lowest BCUT2D eigenvalue weighted by molar-refractivity contribution is 0.223. The van der Waals surface area contributed by atoms with E-state index in [2.05, 4.69) is 22.0 Å². The predicted molar refractivity (Wildman–Crippen MR) is 78.8 cm³/mol. The van der Waals surface area contributed by atoms with Gasteiger partial charge >= 0.3 is 0 Å². The van der Waals surface area contributed by atoms with E-state index >= 15 is 0 Å². The highest BCUT2D eigenvalue weighted by molar-refractivity contribution is 9.10. The number of halogens is 1. The summed E-state index contributed by atoms with van der Waals surface area (Å²) in [6, 6.07) is 5.91. The second kappa shape index (κ2) is 8.29. The van der Waals surface area contributed by atoms with E-state index in [1.807, 2.05) is 18.2 Å². The van der Waals surface area contributed by atoms with Crippen molar-refractivity contribution in [1.82, 2.24) is 0 Å². The highest BCUT2D eigenvalue weighted by Crippen LogP contribution is 2.25. The van der Waals surface area contributed by atoms with E-state index in [9.17, 15) is 0 Å². The molecule has 0 aliphatic rings. The third kappa shape index (κ3) is 4.80. The maximum atomic E-state index is 5.54. The van der Waals surface area contributed by atoms with Crippen LogP contribution in [-0.4, -0.2) is 27.4 Å². The van der Waals surface area contributed by atoms with E-state index < -0.39 is 0 Å². The second-order valence-corrected chi connectivity index (χ2v) is 4.87. The highest BCUT2D eigenvalue weighted by atomic mass is 79.9. The Morgan fingerprint density at radius 1 is 1.39 bits per heavy atom. The third-order valence-electron chi connectivity index (χ3n) is 2.59. The molecule has 0 aromatic heterocycles. The summed E-state index contributed by atoms with van der Waals surface area (Å²) in [4.78, 5) is 0. The minimum absolute atomic E-state index is 0.629. The monoisotopic (exact) mass is 313 g/mol. The van der Waals surface area contributed by atoms with Crippen LogP contribution in [0.15, 0.2) is 28.2 Å². The molecule has 0 aliphatic carbocycles. The Morgan fingerprint density at radius 3 is 2.78 bits per heavy atom. The van der Waals surface area contributed by atoms with Gasteiger partial charge in [0.1, 0.15) is 5.75 Å². The fraction of sp³-hybridized carbons (Fsp3) is 0.429. The molecule has 0 heterocycles. The van der Waals surface area contributed by atoms with Gasteiger partial charge in [-0.3, -0.25) is 0 Å². The topological polar surface area (TPSA) is 44.5 Å². The first-order valence-electron chi connectivity index (χ1n) is 5.93. The van der Waals surface area contributed by atoms with Crippen LogP contribution in [0.5, 0.6) is 5.75 Å². The molecule has 0 bridgehead atoms. The van der Waals surface area contributed by atoms with Gasteiger partial charge in [0.2, 0.25) is 0 Å². The number of methoxy groups -OCH3 is 2. The van der Waals surface area contributed by atoms with Gasteiger partial charge in [0.05, 0.1) is 13.7 Å². The van der Waals surface area contributed by atoms with Crippen LogP contribution < -0.4 is 10.5 Å². The molecule has 0 spiro atoms. The highest BCUT2D eigenvalue weighted by Gasteiger charge is 2.03. The number of hydrogen-bond donors (Lipinski definition) is 1. The van der Waals surface area contributed by atoms with Crippen molar-refractivity contribution in [1.29, 1.82) is 0 Å². The largest absolute Gasteiger partial charge is 0.497 e. The second-order valence-electron chi connectivity index (χ2n) is 4.02. The normalized spacial score (nSPS) is 11.7. The molecule has 1 aromatic carbocycles. The first-order chi connectivity index (χ1) is 8.71. The smallest absolute Gasteiger partial charge is 0.119 e. The van der Waals surface area contributed by atoms with Gasteiger partial charge in [-0.1, -0.05) is 22.0 Å². The van der Waals surface area contributed by atoms with Crippen LogP contribution in [0.2, 0.25) is 0 Å². The van der Waals surface area contributed by atoms with Crippen LogP contribution in [0.3, 0.4) is 0 Å². The Labute approximate surface area is 117 Å². The van der Waals surface area contributed by atoms with Gasteiger partial charge in [0.25, 0.3) is 0 Å². The summed E-state index contributed by atoms with van der Waals surface area (Å²) in [7, 11) is 3.37. The molecule has 1 rings (SSSR count). The standard InChI is InChI=1S/C14H20BrNO2/c1-17-10-11(4-3-7-16)8-12-9-13(18-2)5-6-14(12)15/h5-6,8-9H,3-4,7,10,16H2,1-2H3/b11-8+. The van der Waals surface area contributed by atoms with Crippen molar-refractivity contribution in [3.8, 4) is 5.75 Å². The van der Waals surface area contributed by atoms with Crippen LogP contribution in [0.4, 0.5) is 0 Å². The quantitative estimate of drug-likeness (QED) is 0.840. The van der Waals surface area contributed by atoms with Crippen molar-refractivity contribution in [3.63, 3.8) is 0 Å². The molecular formula is C14H20BrNO2. The summed E-state index contributed by atoms with van der Waals surface area (Å²) >= 11 is 3.54. The number of benzene rings is 1. The molecular weight excluding hydrogens is 294 g/mol. The minimum Gasteiger partial charge on any atom is -0.497 e. The van der Waals surface area contributed by atoms with Gasteiger partial charge in [-0.25, -0.2) is 0 Å². The van der Waals surface area contributed by atoms with Crippen molar-refractivity contribution in [2.24, 2.45) is 5.73 Å². The molecule has 2 N–H and O–H groups in total. The predicted octanol–water partition coefficient (Wildman–Crippen LogP) is 3.23. The van der Waals surface area contributed by atoms with Crippen LogP contribution >= 0.6 is 15.9 Å². The zero-order chi connectivity index (χ0) is 13.4. The molecule has 100 valence electrons. The molecule has 0 saturated heterocycles. The molecule has 0 saturated carbocycles. The van der Waals surface area contributed by atoms with E-state index in [-0.39, 0.29) is 0 Å². The van der Waals surface area contributed by atoms with Crippen molar-refractivity contribution >= 4 is 22.0 Å². The van der Waals surface area contributed by atoms with E-state index in [0.29, 0.717) is 13.2 Å². The van der Waals surface area contributed by atoms with E-state index in [0.717, 1.165) is 28.6 Å². The summed E-state index contributed by atoms with van der Waals surface area (Å²) < 4.78 is 11.5. The van der Waals surface area contributed by atoms with E-state index in [1.54, 1.807) is 14.2 Å². The Morgan fingerprint density at radius 2 is 2.17 bits per heavy atom. The van der Waals surface area contributed by atoms with Crippen molar-refractivity contribution in [2.45, 2.75) is 12.8 Å². The van der Waals surface area contributed by atoms with E-state index in [4.69, 9.17) is 15.2 Å². The summed E-state index contributed by atoms with van der Waals surface area (Å²) in [5.41, 5.74) is 7.87. The summed E-state index contributed by atoms with van der Waals surface area (Å²) in [6.07, 6.45) is 4.05. The number of hydrogen-bond acceptors (Lipinski definition) is 3. The van der Waals surface area contributed by atoms with Crippen molar-refractivity contribution in [3.05, 3.63) is 33.8 Å². The lowest BCUT2D eigenvalue weighted by Crippen LogP contribution is -2.02. The number of rotatable bonds is 7. The molecule has 0 radical (unpaired) electrons. The van der Waals surface area contributed by atoms with Gasteiger partial charge in [0.15, 0.2) is 0 Å². The summed E-state index contributed by atoms with van der Waals surface area (Å²) in [5, 5.41) is 0. The Bertz CT molecular complexity index is 405. The van der Waals surface area contributed by atoms with E-state index in [1.165, 1.54) is 5.57 Å². The molecule has 0 aliphatic heterocycles. The Balaban J connectivity index is 2.94. The average molecular weight is 314 g/mol. The fourth-order valence-corrected chi connectivity index (χ4v) is 2.04. The zero-order valence-corrected chi connectivity index (χ0v) is 12.5. The lowest BCUT2D eigenvalue weighted by atomic mass is 10.1. The van der Waals surface area contributed by atoms with Gasteiger partial charge in [-0.2, -0.15) is 0 Å². The first-order valence-corrected chi connectivity index (χ1v) is 6.72. The molecule has 1 aromatic rings. The van der Waals surface area contributed by atoms with Crippen LogP contribution in [0.25, 0.3) is 6.08 Å². The number of nitrogens with two attached hydrogens (primary N) is 1. The summed E-state index contributed by atoms with van der Waals surface area (Å²) in [6.45, 7) is 1.32. The van der Waals surface area contributed by atoms with Gasteiger partial charge in [-0.05, 0) is 48.7 Å². The average Bonchev–Trinajstić information content (AvgIpc) is 2.38. The van der Waals surface area contributed by atoms with Crippen molar-refractivity contribution in [2.75, 3.05) is 27.4 Å². The number of ether oxygens (including phenoxy) is 2.